The van der Waals surface area contributed by atoms with Gasteiger partial charge in [-0.15, -0.1) is 0 Å². The summed E-state index contributed by atoms with van der Waals surface area (Å²) in [5, 5.41) is 12.1. The number of aliphatic hydroxyl groups is 1. The number of nitrogens with one attached hydrogen (secondary N) is 1. The first kappa shape index (κ1) is 12.8. The van der Waals surface area contributed by atoms with Gasteiger partial charge in [0.15, 0.2) is 0 Å². The lowest BCUT2D eigenvalue weighted by molar-refractivity contribution is -0.114. The van der Waals surface area contributed by atoms with Gasteiger partial charge in [-0.3, -0.25) is 4.79 Å². The van der Waals surface area contributed by atoms with Gasteiger partial charge in [-0.25, -0.2) is 0 Å². The van der Waals surface area contributed by atoms with Crippen molar-refractivity contribution in [2.24, 2.45) is 0 Å². The molecule has 1 aromatic carbocycles. The Morgan fingerprint density at radius 1 is 1.56 bits per heavy atom. The summed E-state index contributed by atoms with van der Waals surface area (Å²) in [6, 6.07) is 3.35. The summed E-state index contributed by atoms with van der Waals surface area (Å²) in [7, 11) is 1.51. The SMILES string of the molecule is COc1ccc(Cl)c(CCO)c1NC(C)=O. The number of anilines is 1. The molecule has 0 spiro atoms. The van der Waals surface area contributed by atoms with Crippen LogP contribution in [0.3, 0.4) is 0 Å². The van der Waals surface area contributed by atoms with Gasteiger partial charge >= 0.3 is 0 Å². The smallest absolute Gasteiger partial charge is 0.221 e. The zero-order chi connectivity index (χ0) is 12.1. The molecule has 0 fully saturated rings. The number of rotatable bonds is 4. The van der Waals surface area contributed by atoms with E-state index in [0.717, 1.165) is 0 Å². The van der Waals surface area contributed by atoms with Crippen LogP contribution in [0, 0.1) is 0 Å². The van der Waals surface area contributed by atoms with E-state index in [2.05, 4.69) is 5.32 Å². The van der Waals surface area contributed by atoms with Crippen LogP contribution in [0.25, 0.3) is 0 Å². The zero-order valence-electron chi connectivity index (χ0n) is 9.21. The molecule has 5 heteroatoms. The second kappa shape index (κ2) is 5.72. The molecule has 88 valence electrons. The van der Waals surface area contributed by atoms with E-state index in [0.29, 0.717) is 28.4 Å². The van der Waals surface area contributed by atoms with E-state index >= 15 is 0 Å². The maximum Gasteiger partial charge on any atom is 0.221 e. The summed E-state index contributed by atoms with van der Waals surface area (Å²) in [5.41, 5.74) is 1.20. The molecule has 0 unspecified atom stereocenters. The van der Waals surface area contributed by atoms with Gasteiger partial charge in [0.1, 0.15) is 5.75 Å². The fourth-order valence-corrected chi connectivity index (χ4v) is 1.69. The summed E-state index contributed by atoms with van der Waals surface area (Å²) in [5.74, 6) is 0.322. The second-order valence-electron chi connectivity index (χ2n) is 3.26. The lowest BCUT2D eigenvalue weighted by Crippen LogP contribution is -2.10. The molecule has 1 rings (SSSR count). The highest BCUT2D eigenvalue weighted by molar-refractivity contribution is 6.32. The number of benzene rings is 1. The summed E-state index contributed by atoms with van der Waals surface area (Å²) in [6.07, 6.45) is 0.367. The molecule has 0 aliphatic heterocycles. The number of hydrogen-bond donors (Lipinski definition) is 2. The normalized spacial score (nSPS) is 10.0. The molecule has 0 saturated carbocycles. The highest BCUT2D eigenvalue weighted by Gasteiger charge is 2.13. The molecular formula is C11H14ClNO3. The number of amides is 1. The highest BCUT2D eigenvalue weighted by Crippen LogP contribution is 2.34. The first-order valence-corrected chi connectivity index (χ1v) is 5.21. The van der Waals surface area contributed by atoms with E-state index in [1.165, 1.54) is 14.0 Å². The third kappa shape index (κ3) is 2.87. The van der Waals surface area contributed by atoms with Crippen LogP contribution in [0.4, 0.5) is 5.69 Å². The van der Waals surface area contributed by atoms with Crippen LogP contribution in [0.1, 0.15) is 12.5 Å². The molecule has 16 heavy (non-hydrogen) atoms. The van der Waals surface area contributed by atoms with Gasteiger partial charge in [0, 0.05) is 24.1 Å². The summed E-state index contributed by atoms with van der Waals surface area (Å²) >= 11 is 6.00. The Morgan fingerprint density at radius 2 is 2.25 bits per heavy atom. The topological polar surface area (TPSA) is 58.6 Å². The number of carbonyl (C=O) groups is 1. The molecule has 1 amide bonds. The minimum Gasteiger partial charge on any atom is -0.495 e. The van der Waals surface area contributed by atoms with E-state index in [9.17, 15) is 4.79 Å². The molecule has 0 bridgehead atoms. The third-order valence-electron chi connectivity index (χ3n) is 2.10. The predicted molar refractivity (Wildman–Crippen MR) is 63.1 cm³/mol. The first-order chi connectivity index (χ1) is 7.60. The van der Waals surface area contributed by atoms with Crippen molar-refractivity contribution in [2.75, 3.05) is 19.0 Å². The summed E-state index contributed by atoms with van der Waals surface area (Å²) < 4.78 is 5.13. The van der Waals surface area contributed by atoms with Crippen molar-refractivity contribution in [3.05, 3.63) is 22.7 Å². The number of hydrogen-bond acceptors (Lipinski definition) is 3. The van der Waals surface area contributed by atoms with Crippen LogP contribution in [-0.4, -0.2) is 24.7 Å². The first-order valence-electron chi connectivity index (χ1n) is 4.84. The Balaban J connectivity index is 3.24. The third-order valence-corrected chi connectivity index (χ3v) is 2.45. The second-order valence-corrected chi connectivity index (χ2v) is 3.67. The van der Waals surface area contributed by atoms with Crippen LogP contribution < -0.4 is 10.1 Å². The quantitative estimate of drug-likeness (QED) is 0.849. The predicted octanol–water partition coefficient (Wildman–Crippen LogP) is 1.84. The number of methoxy groups -OCH3 is 1. The summed E-state index contributed by atoms with van der Waals surface area (Å²) in [4.78, 5) is 11.1. The van der Waals surface area contributed by atoms with Crippen molar-refractivity contribution >= 4 is 23.2 Å². The minimum atomic E-state index is -0.209. The Kier molecular flexibility index (Phi) is 4.58. The number of halogens is 1. The zero-order valence-corrected chi connectivity index (χ0v) is 9.97. The van der Waals surface area contributed by atoms with Crippen molar-refractivity contribution in [3.8, 4) is 5.75 Å². The van der Waals surface area contributed by atoms with Crippen molar-refractivity contribution in [3.63, 3.8) is 0 Å². The Labute approximate surface area is 99.2 Å². The molecule has 1 aromatic rings. The van der Waals surface area contributed by atoms with E-state index in [1.807, 2.05) is 0 Å². The van der Waals surface area contributed by atoms with Crippen molar-refractivity contribution in [1.29, 1.82) is 0 Å². The van der Waals surface area contributed by atoms with E-state index in [-0.39, 0.29) is 12.5 Å². The van der Waals surface area contributed by atoms with Crippen molar-refractivity contribution in [2.45, 2.75) is 13.3 Å². The van der Waals surface area contributed by atoms with Gasteiger partial charge in [0.25, 0.3) is 0 Å². The fourth-order valence-electron chi connectivity index (χ4n) is 1.44. The van der Waals surface area contributed by atoms with Crippen LogP contribution >= 0.6 is 11.6 Å². The Bertz CT molecular complexity index is 393. The lowest BCUT2D eigenvalue weighted by atomic mass is 10.1. The van der Waals surface area contributed by atoms with Crippen LogP contribution in [0.15, 0.2) is 12.1 Å². The largest absolute Gasteiger partial charge is 0.495 e. The fraction of sp³-hybridized carbons (Fsp3) is 0.364. The van der Waals surface area contributed by atoms with Crippen LogP contribution in [0.5, 0.6) is 5.75 Å². The molecular weight excluding hydrogens is 230 g/mol. The van der Waals surface area contributed by atoms with Gasteiger partial charge in [-0.05, 0) is 18.6 Å². The Morgan fingerprint density at radius 3 is 2.75 bits per heavy atom. The Hall–Kier alpha value is -1.26. The monoisotopic (exact) mass is 243 g/mol. The van der Waals surface area contributed by atoms with E-state index in [4.69, 9.17) is 21.4 Å². The lowest BCUT2D eigenvalue weighted by Gasteiger charge is -2.15. The maximum absolute atomic E-state index is 11.1. The average Bonchev–Trinajstić information content (AvgIpc) is 2.23. The van der Waals surface area contributed by atoms with Gasteiger partial charge in [-0.2, -0.15) is 0 Å². The number of carbonyl (C=O) groups excluding carboxylic acids is 1. The molecule has 0 aromatic heterocycles. The molecule has 0 radical (unpaired) electrons. The van der Waals surface area contributed by atoms with Gasteiger partial charge in [0.2, 0.25) is 5.91 Å². The number of ether oxygens (including phenoxy) is 1. The maximum atomic E-state index is 11.1. The van der Waals surface area contributed by atoms with Gasteiger partial charge < -0.3 is 15.2 Å². The molecule has 0 saturated heterocycles. The molecule has 0 aliphatic rings. The molecule has 0 atom stereocenters. The van der Waals surface area contributed by atoms with Crippen molar-refractivity contribution in [1.82, 2.24) is 0 Å². The molecule has 0 aliphatic carbocycles. The standard InChI is InChI=1S/C11H14ClNO3/c1-7(15)13-11-8(5-6-14)9(12)3-4-10(11)16-2/h3-4,14H,5-6H2,1-2H3,(H,13,15). The van der Waals surface area contributed by atoms with E-state index < -0.39 is 0 Å². The molecule has 2 N–H and O–H groups in total. The number of aliphatic hydroxyl groups excluding tert-OH is 1. The van der Waals surface area contributed by atoms with Gasteiger partial charge in [0.05, 0.1) is 12.8 Å². The van der Waals surface area contributed by atoms with Crippen molar-refractivity contribution < 1.29 is 14.6 Å². The highest BCUT2D eigenvalue weighted by atomic mass is 35.5. The van der Waals surface area contributed by atoms with E-state index in [1.54, 1.807) is 12.1 Å². The summed E-state index contributed by atoms with van der Waals surface area (Å²) in [6.45, 7) is 1.36. The average molecular weight is 244 g/mol. The van der Waals surface area contributed by atoms with Crippen LogP contribution in [0.2, 0.25) is 5.02 Å². The molecule has 0 heterocycles. The minimum absolute atomic E-state index is 0.0422. The van der Waals surface area contributed by atoms with Crippen LogP contribution in [-0.2, 0) is 11.2 Å². The van der Waals surface area contributed by atoms with Gasteiger partial charge in [-0.1, -0.05) is 11.6 Å². The molecule has 4 nitrogen and oxygen atoms in total.